The minimum absolute atomic E-state index is 0.397. The van der Waals surface area contributed by atoms with E-state index in [1.807, 2.05) is 0 Å². The van der Waals surface area contributed by atoms with Crippen molar-refractivity contribution in [2.45, 2.75) is 20.0 Å². The first-order chi connectivity index (χ1) is 9.06. The minimum Gasteiger partial charge on any atom is -0.497 e. The second-order valence-electron chi connectivity index (χ2n) is 3.80. The Bertz CT molecular complexity index is 482. The van der Waals surface area contributed by atoms with Crippen LogP contribution in [0, 0.1) is 0 Å². The molecule has 19 heavy (non-hydrogen) atoms. The highest BCUT2D eigenvalue weighted by Gasteiger charge is 2.16. The largest absolute Gasteiger partial charge is 0.497 e. The third-order valence-corrected chi connectivity index (χ3v) is 2.30. The van der Waals surface area contributed by atoms with Gasteiger partial charge >= 0.3 is 5.97 Å². The molecule has 0 radical (unpaired) electrons. The van der Waals surface area contributed by atoms with E-state index >= 15 is 0 Å². The number of methoxy groups -OCH3 is 1. The molecule has 1 unspecified atom stereocenters. The molecule has 1 aromatic rings. The number of ether oxygens (including phenoxy) is 2. The molecule has 0 aliphatic heterocycles. The number of anilines is 1. The molecule has 0 aromatic heterocycles. The molecule has 1 amide bonds. The van der Waals surface area contributed by atoms with Gasteiger partial charge in [-0.1, -0.05) is 12.1 Å². The predicted octanol–water partition coefficient (Wildman–Crippen LogP) is 2.14. The smallest absolute Gasteiger partial charge is 0.331 e. The molecule has 102 valence electrons. The van der Waals surface area contributed by atoms with Crippen LogP contribution in [0.25, 0.3) is 0 Å². The van der Waals surface area contributed by atoms with Gasteiger partial charge in [0.15, 0.2) is 6.10 Å². The summed E-state index contributed by atoms with van der Waals surface area (Å²) in [6.45, 7) is 3.21. The SMILES string of the molecule is CC=CC(=O)OC(C)C(=O)Nc1cccc(OC)c1. The fourth-order valence-electron chi connectivity index (χ4n) is 1.35. The molecule has 1 N–H and O–H groups in total. The molecule has 1 atom stereocenters. The van der Waals surface area contributed by atoms with Crippen LogP contribution in [0.2, 0.25) is 0 Å². The van der Waals surface area contributed by atoms with Crippen molar-refractivity contribution in [3.8, 4) is 5.75 Å². The van der Waals surface area contributed by atoms with Crippen molar-refractivity contribution in [3.05, 3.63) is 36.4 Å². The number of carbonyl (C=O) groups is 2. The lowest BCUT2D eigenvalue weighted by molar-refractivity contribution is -0.148. The van der Waals surface area contributed by atoms with Crippen molar-refractivity contribution in [3.63, 3.8) is 0 Å². The topological polar surface area (TPSA) is 64.6 Å². The maximum Gasteiger partial charge on any atom is 0.331 e. The van der Waals surface area contributed by atoms with E-state index in [9.17, 15) is 9.59 Å². The van der Waals surface area contributed by atoms with Gasteiger partial charge in [-0.3, -0.25) is 4.79 Å². The second kappa shape index (κ2) is 7.20. The number of benzene rings is 1. The summed E-state index contributed by atoms with van der Waals surface area (Å²) in [6, 6.07) is 6.93. The number of allylic oxidation sites excluding steroid dienone is 1. The summed E-state index contributed by atoms with van der Waals surface area (Å²) in [5.41, 5.74) is 0.582. The van der Waals surface area contributed by atoms with Crippen LogP contribution < -0.4 is 10.1 Å². The molecule has 0 saturated carbocycles. The third-order valence-electron chi connectivity index (χ3n) is 2.30. The molecular weight excluding hydrogens is 246 g/mol. The molecule has 0 aliphatic carbocycles. The summed E-state index contributed by atoms with van der Waals surface area (Å²) in [5, 5.41) is 2.64. The summed E-state index contributed by atoms with van der Waals surface area (Å²) >= 11 is 0. The van der Waals surface area contributed by atoms with E-state index in [2.05, 4.69) is 5.32 Å². The number of amides is 1. The molecule has 0 spiro atoms. The number of esters is 1. The van der Waals surface area contributed by atoms with Gasteiger partial charge in [0.2, 0.25) is 0 Å². The Hall–Kier alpha value is -2.30. The summed E-state index contributed by atoms with van der Waals surface area (Å²) in [7, 11) is 1.54. The van der Waals surface area contributed by atoms with Crippen LogP contribution >= 0.6 is 0 Å². The minimum atomic E-state index is -0.866. The quantitative estimate of drug-likeness (QED) is 0.653. The fraction of sp³-hybridized carbons (Fsp3) is 0.286. The van der Waals surface area contributed by atoms with Crippen molar-refractivity contribution in [2.24, 2.45) is 0 Å². The Labute approximate surface area is 112 Å². The highest BCUT2D eigenvalue weighted by Crippen LogP contribution is 2.17. The number of hydrogen-bond donors (Lipinski definition) is 1. The Kier molecular flexibility index (Phi) is 5.60. The monoisotopic (exact) mass is 263 g/mol. The molecule has 1 aromatic carbocycles. The molecule has 0 aliphatic rings. The van der Waals surface area contributed by atoms with Crippen LogP contribution in [-0.2, 0) is 14.3 Å². The van der Waals surface area contributed by atoms with Gasteiger partial charge in [-0.15, -0.1) is 0 Å². The lowest BCUT2D eigenvalue weighted by Gasteiger charge is -2.12. The van der Waals surface area contributed by atoms with Crippen molar-refractivity contribution in [1.82, 2.24) is 0 Å². The highest BCUT2D eigenvalue weighted by atomic mass is 16.5. The van der Waals surface area contributed by atoms with Crippen LogP contribution in [0.3, 0.4) is 0 Å². The van der Waals surface area contributed by atoms with Gasteiger partial charge in [-0.05, 0) is 26.0 Å². The van der Waals surface area contributed by atoms with Gasteiger partial charge in [0.25, 0.3) is 5.91 Å². The third kappa shape index (κ3) is 4.83. The molecule has 0 heterocycles. The van der Waals surface area contributed by atoms with Crippen molar-refractivity contribution < 1.29 is 19.1 Å². The van der Waals surface area contributed by atoms with E-state index in [0.717, 1.165) is 0 Å². The van der Waals surface area contributed by atoms with E-state index in [1.54, 1.807) is 44.4 Å². The molecule has 1 rings (SSSR count). The highest BCUT2D eigenvalue weighted by molar-refractivity contribution is 5.96. The standard InChI is InChI=1S/C14H17NO4/c1-4-6-13(16)19-10(2)14(17)15-11-7-5-8-12(9-11)18-3/h4-10H,1-3H3,(H,15,17). The van der Waals surface area contributed by atoms with Gasteiger partial charge in [0, 0.05) is 17.8 Å². The van der Waals surface area contributed by atoms with E-state index in [4.69, 9.17) is 9.47 Å². The lowest BCUT2D eigenvalue weighted by Crippen LogP contribution is -2.29. The van der Waals surface area contributed by atoms with Crippen molar-refractivity contribution in [1.29, 1.82) is 0 Å². The Morgan fingerprint density at radius 1 is 1.37 bits per heavy atom. The molecule has 0 saturated heterocycles. The lowest BCUT2D eigenvalue weighted by atomic mass is 10.3. The Balaban J connectivity index is 2.60. The van der Waals surface area contributed by atoms with Crippen LogP contribution in [0.5, 0.6) is 5.75 Å². The first-order valence-electron chi connectivity index (χ1n) is 5.85. The van der Waals surface area contributed by atoms with Gasteiger partial charge in [0.1, 0.15) is 5.75 Å². The molecule has 5 heteroatoms. The predicted molar refractivity (Wildman–Crippen MR) is 72.0 cm³/mol. The Morgan fingerprint density at radius 2 is 2.11 bits per heavy atom. The van der Waals surface area contributed by atoms with Crippen molar-refractivity contribution >= 4 is 17.6 Å². The van der Waals surface area contributed by atoms with Crippen LogP contribution in [-0.4, -0.2) is 25.1 Å². The zero-order chi connectivity index (χ0) is 14.3. The van der Waals surface area contributed by atoms with Crippen LogP contribution in [0.15, 0.2) is 36.4 Å². The molecule has 0 bridgehead atoms. The maximum absolute atomic E-state index is 11.8. The van der Waals surface area contributed by atoms with E-state index in [-0.39, 0.29) is 0 Å². The number of nitrogens with one attached hydrogen (secondary N) is 1. The number of rotatable bonds is 5. The Morgan fingerprint density at radius 3 is 2.74 bits per heavy atom. The zero-order valence-corrected chi connectivity index (χ0v) is 11.2. The molecular formula is C14H17NO4. The van der Waals surface area contributed by atoms with Crippen molar-refractivity contribution in [2.75, 3.05) is 12.4 Å². The number of carbonyl (C=O) groups excluding carboxylic acids is 2. The zero-order valence-electron chi connectivity index (χ0n) is 11.2. The summed E-state index contributed by atoms with van der Waals surface area (Å²) in [6.07, 6.45) is 1.94. The van der Waals surface area contributed by atoms with Crippen LogP contribution in [0.4, 0.5) is 5.69 Å². The molecule has 5 nitrogen and oxygen atoms in total. The summed E-state index contributed by atoms with van der Waals surface area (Å²) in [5.74, 6) is -0.307. The van der Waals surface area contributed by atoms with E-state index in [0.29, 0.717) is 11.4 Å². The van der Waals surface area contributed by atoms with Gasteiger partial charge in [-0.2, -0.15) is 0 Å². The first-order valence-corrected chi connectivity index (χ1v) is 5.85. The normalized spacial score (nSPS) is 11.9. The summed E-state index contributed by atoms with van der Waals surface area (Å²) in [4.78, 5) is 23.0. The van der Waals surface area contributed by atoms with Crippen LogP contribution in [0.1, 0.15) is 13.8 Å². The van der Waals surface area contributed by atoms with E-state index in [1.165, 1.54) is 13.0 Å². The maximum atomic E-state index is 11.8. The average molecular weight is 263 g/mol. The van der Waals surface area contributed by atoms with Gasteiger partial charge < -0.3 is 14.8 Å². The van der Waals surface area contributed by atoms with E-state index < -0.39 is 18.0 Å². The summed E-state index contributed by atoms with van der Waals surface area (Å²) < 4.78 is 9.96. The first kappa shape index (κ1) is 14.8. The molecule has 0 fully saturated rings. The second-order valence-corrected chi connectivity index (χ2v) is 3.80. The fourth-order valence-corrected chi connectivity index (χ4v) is 1.35. The number of hydrogen-bond acceptors (Lipinski definition) is 4. The van der Waals surface area contributed by atoms with Gasteiger partial charge in [-0.25, -0.2) is 4.79 Å². The van der Waals surface area contributed by atoms with Gasteiger partial charge in [0.05, 0.1) is 7.11 Å². The average Bonchev–Trinajstić information content (AvgIpc) is 2.39.